The molecule has 5 rings (SSSR count). The number of amides is 1. The molecule has 2 N–H and O–H groups in total. The number of nitrogens with one attached hydrogen (secondary N) is 1. The van der Waals surface area contributed by atoms with Crippen LogP contribution >= 0.6 is 0 Å². The predicted molar refractivity (Wildman–Crippen MR) is 126 cm³/mol. The van der Waals surface area contributed by atoms with Gasteiger partial charge < -0.3 is 24.5 Å². The maximum absolute atomic E-state index is 13.0. The van der Waals surface area contributed by atoms with Crippen LogP contribution < -0.4 is 10.2 Å². The van der Waals surface area contributed by atoms with Crippen LogP contribution in [0.1, 0.15) is 53.7 Å². The molecule has 2 fully saturated rings. The topological polar surface area (TPSA) is 101 Å². The average molecular weight is 451 g/mol. The molecule has 8 nitrogen and oxygen atoms in total. The molecule has 0 bridgehead atoms. The van der Waals surface area contributed by atoms with E-state index in [1.165, 1.54) is 0 Å². The minimum absolute atomic E-state index is 0.252. The fraction of sp³-hybridized carbons (Fsp3) is 0.480. The zero-order valence-electron chi connectivity index (χ0n) is 18.9. The zero-order valence-corrected chi connectivity index (χ0v) is 18.9. The standard InChI is InChI=1S/C25H30N4O4/c1-16-3-2-4-19(26-16)24(31)27-20-14-23-21(13-22(20)29-9-11-32-12-10-29)28-25(33-23)18-7-5-17(15-30)6-8-18/h2-4,13-14,17-18,30H,5-12,15H2,1H3,(H,27,31). The molecule has 1 saturated heterocycles. The van der Waals surface area contributed by atoms with Crippen LogP contribution in [0, 0.1) is 12.8 Å². The quantitative estimate of drug-likeness (QED) is 0.608. The van der Waals surface area contributed by atoms with E-state index in [9.17, 15) is 9.90 Å². The molecule has 33 heavy (non-hydrogen) atoms. The zero-order chi connectivity index (χ0) is 22.8. The Kier molecular flexibility index (Phi) is 6.28. The molecule has 3 aromatic rings. The van der Waals surface area contributed by atoms with Crippen molar-refractivity contribution in [2.75, 3.05) is 43.1 Å². The minimum atomic E-state index is -0.255. The van der Waals surface area contributed by atoms with E-state index in [1.807, 2.05) is 31.2 Å². The Hall–Kier alpha value is -2.97. The summed E-state index contributed by atoms with van der Waals surface area (Å²) in [7, 11) is 0. The number of morpholine rings is 1. The number of rotatable bonds is 5. The van der Waals surface area contributed by atoms with Gasteiger partial charge in [-0.1, -0.05) is 6.07 Å². The van der Waals surface area contributed by atoms with Crippen molar-refractivity contribution in [2.45, 2.75) is 38.5 Å². The van der Waals surface area contributed by atoms with Crippen LogP contribution in [0.15, 0.2) is 34.7 Å². The molecule has 3 heterocycles. The molecule has 1 aliphatic carbocycles. The predicted octanol–water partition coefficient (Wildman–Crippen LogP) is 3.89. The van der Waals surface area contributed by atoms with Gasteiger partial charge in [-0.3, -0.25) is 4.79 Å². The van der Waals surface area contributed by atoms with Crippen molar-refractivity contribution in [1.82, 2.24) is 9.97 Å². The van der Waals surface area contributed by atoms with Crippen LogP contribution in [0.4, 0.5) is 11.4 Å². The van der Waals surface area contributed by atoms with Gasteiger partial charge in [-0.15, -0.1) is 0 Å². The van der Waals surface area contributed by atoms with E-state index >= 15 is 0 Å². The molecule has 1 amide bonds. The number of anilines is 2. The van der Waals surface area contributed by atoms with Crippen LogP contribution in [0.3, 0.4) is 0 Å². The Morgan fingerprint density at radius 2 is 1.94 bits per heavy atom. The molecule has 0 unspecified atom stereocenters. The summed E-state index contributed by atoms with van der Waals surface area (Å²) in [6, 6.07) is 9.30. The van der Waals surface area contributed by atoms with Crippen LogP contribution in [0.25, 0.3) is 11.1 Å². The van der Waals surface area contributed by atoms with Gasteiger partial charge >= 0.3 is 0 Å². The van der Waals surface area contributed by atoms with Crippen LogP contribution in [0.2, 0.25) is 0 Å². The summed E-state index contributed by atoms with van der Waals surface area (Å²) in [6.07, 6.45) is 3.92. The molecule has 0 spiro atoms. The van der Waals surface area contributed by atoms with Crippen LogP contribution in [-0.2, 0) is 4.74 Å². The lowest BCUT2D eigenvalue weighted by atomic mass is 9.82. The number of aryl methyl sites for hydroxylation is 1. The third kappa shape index (κ3) is 4.72. The van der Waals surface area contributed by atoms with E-state index in [4.69, 9.17) is 14.1 Å². The maximum atomic E-state index is 13.0. The molecule has 2 aliphatic rings. The summed E-state index contributed by atoms with van der Waals surface area (Å²) in [5.74, 6) is 1.14. The van der Waals surface area contributed by atoms with Gasteiger partial charge in [0.1, 0.15) is 11.2 Å². The van der Waals surface area contributed by atoms with Crippen molar-refractivity contribution >= 4 is 28.4 Å². The summed E-state index contributed by atoms with van der Waals surface area (Å²) < 4.78 is 11.7. The number of ether oxygens (including phenoxy) is 1. The van der Waals surface area contributed by atoms with Gasteiger partial charge in [0.2, 0.25) is 0 Å². The molecule has 0 atom stereocenters. The van der Waals surface area contributed by atoms with Gasteiger partial charge in [-0.05, 0) is 56.7 Å². The van der Waals surface area contributed by atoms with Crippen molar-refractivity contribution in [1.29, 1.82) is 0 Å². The van der Waals surface area contributed by atoms with Crippen LogP contribution in [0.5, 0.6) is 0 Å². The molecular weight excluding hydrogens is 420 g/mol. The summed E-state index contributed by atoms with van der Waals surface area (Å²) in [4.78, 5) is 24.4. The second kappa shape index (κ2) is 9.49. The molecule has 8 heteroatoms. The number of oxazole rings is 1. The number of carbonyl (C=O) groups excluding carboxylic acids is 1. The highest BCUT2D eigenvalue weighted by molar-refractivity contribution is 6.06. The monoisotopic (exact) mass is 450 g/mol. The number of pyridine rings is 1. The van der Waals surface area contributed by atoms with Gasteiger partial charge in [0.25, 0.3) is 5.91 Å². The van der Waals surface area contributed by atoms with Gasteiger partial charge in [-0.25, -0.2) is 9.97 Å². The van der Waals surface area contributed by atoms with E-state index in [1.54, 1.807) is 6.07 Å². The van der Waals surface area contributed by atoms with Crippen molar-refractivity contribution in [3.63, 3.8) is 0 Å². The van der Waals surface area contributed by atoms with Crippen molar-refractivity contribution < 1.29 is 19.1 Å². The number of carbonyl (C=O) groups is 1. The fourth-order valence-electron chi connectivity index (χ4n) is 4.77. The van der Waals surface area contributed by atoms with Crippen molar-refractivity contribution in [2.24, 2.45) is 5.92 Å². The SMILES string of the molecule is Cc1cccc(C(=O)Nc2cc3oc(C4CCC(CO)CC4)nc3cc2N2CCOCC2)n1. The second-order valence-corrected chi connectivity index (χ2v) is 9.01. The molecule has 0 radical (unpaired) electrons. The molecule has 1 saturated carbocycles. The minimum Gasteiger partial charge on any atom is -0.440 e. The van der Waals surface area contributed by atoms with E-state index in [0.29, 0.717) is 36.1 Å². The number of hydrogen-bond acceptors (Lipinski definition) is 7. The third-order valence-electron chi connectivity index (χ3n) is 6.70. The molecule has 2 aromatic heterocycles. The van der Waals surface area contributed by atoms with Gasteiger partial charge in [0.15, 0.2) is 11.5 Å². The first-order valence-electron chi connectivity index (χ1n) is 11.7. The highest BCUT2D eigenvalue weighted by Gasteiger charge is 2.27. The Bertz CT molecular complexity index is 1130. The number of benzene rings is 1. The van der Waals surface area contributed by atoms with Crippen molar-refractivity contribution in [3.05, 3.63) is 47.6 Å². The number of fused-ring (bicyclic) bond motifs is 1. The van der Waals surface area contributed by atoms with Gasteiger partial charge in [0, 0.05) is 37.4 Å². The second-order valence-electron chi connectivity index (χ2n) is 9.01. The summed E-state index contributed by atoms with van der Waals surface area (Å²) in [5.41, 5.74) is 4.23. The first-order chi connectivity index (χ1) is 16.1. The number of nitrogens with zero attached hydrogens (tertiary/aromatic N) is 3. The lowest BCUT2D eigenvalue weighted by molar-refractivity contribution is 0.102. The van der Waals surface area contributed by atoms with Gasteiger partial charge in [0.05, 0.1) is 24.6 Å². The number of aromatic nitrogens is 2. The van der Waals surface area contributed by atoms with Gasteiger partial charge in [-0.2, -0.15) is 0 Å². The lowest BCUT2D eigenvalue weighted by Crippen LogP contribution is -2.36. The van der Waals surface area contributed by atoms with E-state index in [0.717, 1.165) is 61.6 Å². The number of hydrogen-bond donors (Lipinski definition) is 2. The maximum Gasteiger partial charge on any atom is 0.274 e. The summed E-state index contributed by atoms with van der Waals surface area (Å²) >= 11 is 0. The van der Waals surface area contributed by atoms with Crippen LogP contribution in [-0.4, -0.2) is 53.9 Å². The molecule has 1 aliphatic heterocycles. The summed E-state index contributed by atoms with van der Waals surface area (Å²) in [5, 5.41) is 12.5. The highest BCUT2D eigenvalue weighted by Crippen LogP contribution is 2.38. The molecule has 174 valence electrons. The highest BCUT2D eigenvalue weighted by atomic mass is 16.5. The largest absolute Gasteiger partial charge is 0.440 e. The normalized spacial score (nSPS) is 21.3. The molecular formula is C25H30N4O4. The average Bonchev–Trinajstić information content (AvgIpc) is 3.27. The first kappa shape index (κ1) is 21.9. The van der Waals surface area contributed by atoms with E-state index < -0.39 is 0 Å². The Morgan fingerprint density at radius 3 is 2.67 bits per heavy atom. The summed E-state index contributed by atoms with van der Waals surface area (Å²) in [6.45, 7) is 4.89. The smallest absolute Gasteiger partial charge is 0.274 e. The number of aliphatic hydroxyl groups is 1. The van der Waals surface area contributed by atoms with E-state index in [2.05, 4.69) is 15.2 Å². The fourth-order valence-corrected chi connectivity index (χ4v) is 4.77. The van der Waals surface area contributed by atoms with E-state index in [-0.39, 0.29) is 18.4 Å². The van der Waals surface area contributed by atoms with Crippen molar-refractivity contribution in [3.8, 4) is 0 Å². The number of aliphatic hydroxyl groups excluding tert-OH is 1. The Labute approximate surface area is 193 Å². The lowest BCUT2D eigenvalue weighted by Gasteiger charge is -2.30. The Morgan fingerprint density at radius 1 is 1.15 bits per heavy atom. The third-order valence-corrected chi connectivity index (χ3v) is 6.70. The molecule has 1 aromatic carbocycles. The first-order valence-corrected chi connectivity index (χ1v) is 11.7. The Balaban J connectivity index is 1.47.